The highest BCUT2D eigenvalue weighted by Crippen LogP contribution is 2.30. The summed E-state index contributed by atoms with van der Waals surface area (Å²) in [4.78, 5) is 30.9. The minimum absolute atomic E-state index is 0.0446. The van der Waals surface area contributed by atoms with Crippen LogP contribution < -0.4 is 20.3 Å². The average Bonchev–Trinajstić information content (AvgIpc) is 3.43. The monoisotopic (exact) mass is 510 g/mol. The fourth-order valence-corrected chi connectivity index (χ4v) is 5.43. The molecule has 4 rings (SSSR count). The van der Waals surface area contributed by atoms with E-state index in [1.807, 2.05) is 30.5 Å². The molecule has 1 fully saturated rings. The summed E-state index contributed by atoms with van der Waals surface area (Å²) < 4.78 is 18.3. The van der Waals surface area contributed by atoms with Crippen molar-refractivity contribution in [1.82, 2.24) is 15.5 Å². The van der Waals surface area contributed by atoms with Gasteiger partial charge < -0.3 is 20.3 Å². The summed E-state index contributed by atoms with van der Waals surface area (Å²) in [6.45, 7) is 5.45. The number of anilines is 1. The van der Waals surface area contributed by atoms with Crippen LogP contribution in [0.3, 0.4) is 0 Å². The van der Waals surface area contributed by atoms with Crippen LogP contribution in [0.25, 0.3) is 0 Å². The van der Waals surface area contributed by atoms with Crippen molar-refractivity contribution in [3.8, 4) is 5.75 Å². The number of methoxy groups -OCH3 is 1. The Morgan fingerprint density at radius 3 is 2.31 bits per heavy atom. The van der Waals surface area contributed by atoms with Crippen molar-refractivity contribution in [3.63, 3.8) is 0 Å². The summed E-state index contributed by atoms with van der Waals surface area (Å²) in [5.74, 6) is -0.897. The van der Waals surface area contributed by atoms with Crippen molar-refractivity contribution in [2.24, 2.45) is 0 Å². The topological polar surface area (TPSA) is 73.9 Å². The van der Waals surface area contributed by atoms with E-state index in [2.05, 4.69) is 38.6 Å². The highest BCUT2D eigenvalue weighted by atomic mass is 32.1. The van der Waals surface area contributed by atoms with E-state index in [0.29, 0.717) is 0 Å². The third kappa shape index (κ3) is 6.41. The summed E-state index contributed by atoms with van der Waals surface area (Å²) in [6.07, 6.45) is 0. The van der Waals surface area contributed by atoms with E-state index in [4.69, 9.17) is 4.74 Å². The number of hydrogen-bond acceptors (Lipinski definition) is 6. The molecule has 2 amide bonds. The number of carbonyl (C=O) groups is 2. The first-order valence-electron chi connectivity index (χ1n) is 11.9. The Bertz CT molecular complexity index is 1130. The number of thiophene rings is 1. The number of benzene rings is 2. The fourth-order valence-electron chi connectivity index (χ4n) is 4.47. The minimum Gasteiger partial charge on any atom is -0.497 e. The fraction of sp³-hybridized carbons (Fsp3) is 0.333. The molecule has 9 heteroatoms. The molecule has 1 saturated heterocycles. The van der Waals surface area contributed by atoms with Gasteiger partial charge in [0.25, 0.3) is 0 Å². The summed E-state index contributed by atoms with van der Waals surface area (Å²) in [7, 11) is 1.66. The summed E-state index contributed by atoms with van der Waals surface area (Å²) >= 11 is 1.65. The molecule has 3 aromatic rings. The zero-order chi connectivity index (χ0) is 25.5. The minimum atomic E-state index is -0.708. The Balaban J connectivity index is 1.35. The number of carbonyl (C=O) groups excluding carboxylic acids is 2. The van der Waals surface area contributed by atoms with Gasteiger partial charge in [0.2, 0.25) is 0 Å². The highest BCUT2D eigenvalue weighted by molar-refractivity contribution is 7.10. The number of ether oxygens (including phenoxy) is 1. The van der Waals surface area contributed by atoms with Crippen LogP contribution in [0.2, 0.25) is 0 Å². The lowest BCUT2D eigenvalue weighted by Crippen LogP contribution is -2.53. The molecule has 0 saturated carbocycles. The Morgan fingerprint density at radius 1 is 1.00 bits per heavy atom. The van der Waals surface area contributed by atoms with Crippen molar-refractivity contribution in [1.29, 1.82) is 0 Å². The van der Waals surface area contributed by atoms with Crippen molar-refractivity contribution in [2.75, 3.05) is 38.2 Å². The number of hydrogen-bond donors (Lipinski definition) is 2. The number of halogens is 1. The molecule has 1 aromatic heterocycles. The van der Waals surface area contributed by atoms with Gasteiger partial charge in [-0.25, -0.2) is 4.39 Å². The van der Waals surface area contributed by atoms with Crippen molar-refractivity contribution in [3.05, 3.63) is 82.3 Å². The third-order valence-electron chi connectivity index (χ3n) is 6.38. The molecule has 2 atom stereocenters. The van der Waals surface area contributed by atoms with Crippen LogP contribution in [-0.4, -0.2) is 56.0 Å². The third-order valence-corrected chi connectivity index (χ3v) is 7.33. The van der Waals surface area contributed by atoms with Gasteiger partial charge >= 0.3 is 11.8 Å². The maximum Gasteiger partial charge on any atom is 0.309 e. The van der Waals surface area contributed by atoms with Gasteiger partial charge in [-0.15, -0.1) is 11.3 Å². The lowest BCUT2D eigenvalue weighted by molar-refractivity contribution is -0.140. The van der Waals surface area contributed by atoms with Gasteiger partial charge in [-0.2, -0.15) is 0 Å². The zero-order valence-electron chi connectivity index (χ0n) is 20.4. The molecule has 7 nitrogen and oxygen atoms in total. The van der Waals surface area contributed by atoms with Gasteiger partial charge in [-0.1, -0.05) is 18.2 Å². The maximum atomic E-state index is 13.1. The largest absolute Gasteiger partial charge is 0.497 e. The quantitative estimate of drug-likeness (QED) is 0.453. The van der Waals surface area contributed by atoms with Gasteiger partial charge in [0.15, 0.2) is 0 Å². The lowest BCUT2D eigenvalue weighted by Gasteiger charge is -2.42. The summed E-state index contributed by atoms with van der Waals surface area (Å²) in [5, 5.41) is 7.53. The second-order valence-electron chi connectivity index (χ2n) is 8.75. The van der Waals surface area contributed by atoms with Gasteiger partial charge in [-0.3, -0.25) is 14.5 Å². The molecule has 0 aliphatic carbocycles. The first kappa shape index (κ1) is 25.7. The average molecular weight is 511 g/mol. The normalized spacial score (nSPS) is 15.7. The van der Waals surface area contributed by atoms with E-state index in [1.54, 1.807) is 30.6 Å². The van der Waals surface area contributed by atoms with Gasteiger partial charge in [0.1, 0.15) is 11.6 Å². The highest BCUT2D eigenvalue weighted by Gasteiger charge is 2.32. The van der Waals surface area contributed by atoms with Crippen LogP contribution in [-0.2, 0) is 16.1 Å². The van der Waals surface area contributed by atoms with Crippen LogP contribution in [0.5, 0.6) is 5.75 Å². The van der Waals surface area contributed by atoms with Crippen LogP contribution in [0.15, 0.2) is 66.0 Å². The van der Waals surface area contributed by atoms with Gasteiger partial charge in [0, 0.05) is 49.3 Å². The molecule has 190 valence electrons. The first-order valence-corrected chi connectivity index (χ1v) is 12.8. The SMILES string of the molecule is COc1ccc(N2CCN([C@@H](c3cccs3)[C@@H](C)NC(=O)C(=O)NCc3ccc(F)cc3)CC2)cc1. The van der Waals surface area contributed by atoms with Crippen LogP contribution in [0.1, 0.15) is 23.4 Å². The zero-order valence-corrected chi connectivity index (χ0v) is 21.3. The molecular weight excluding hydrogens is 479 g/mol. The molecular formula is C27H31FN4O3S. The van der Waals surface area contributed by atoms with Crippen LogP contribution >= 0.6 is 11.3 Å². The number of piperazine rings is 1. The Hall–Kier alpha value is -3.43. The maximum absolute atomic E-state index is 13.1. The Kier molecular flexibility index (Phi) is 8.56. The molecule has 0 radical (unpaired) electrons. The summed E-state index contributed by atoms with van der Waals surface area (Å²) in [6, 6.07) is 17.6. The van der Waals surface area contributed by atoms with Crippen LogP contribution in [0, 0.1) is 5.82 Å². The van der Waals surface area contributed by atoms with Crippen molar-refractivity contribution < 1.29 is 18.7 Å². The molecule has 1 aliphatic rings. The van der Waals surface area contributed by atoms with E-state index >= 15 is 0 Å². The number of rotatable bonds is 8. The first-order chi connectivity index (χ1) is 17.4. The van der Waals surface area contributed by atoms with E-state index in [1.165, 1.54) is 12.1 Å². The molecule has 2 N–H and O–H groups in total. The molecule has 2 aromatic carbocycles. The molecule has 0 unspecified atom stereocenters. The predicted octanol–water partition coefficient (Wildman–Crippen LogP) is 3.58. The van der Waals surface area contributed by atoms with Gasteiger partial charge in [0.05, 0.1) is 13.2 Å². The van der Waals surface area contributed by atoms with E-state index in [0.717, 1.165) is 48.1 Å². The van der Waals surface area contributed by atoms with E-state index in [-0.39, 0.29) is 24.4 Å². The standard InChI is InChI=1S/C27H31FN4O3S/c1-19(30-27(34)26(33)29-18-20-5-7-21(28)8-6-20)25(24-4-3-17-36-24)32-15-13-31(14-16-32)22-9-11-23(35-2)12-10-22/h3-12,17,19,25H,13-16,18H2,1-2H3,(H,29,33)(H,30,34)/t19-,25-/m1/s1. The van der Waals surface area contributed by atoms with E-state index < -0.39 is 11.8 Å². The van der Waals surface area contributed by atoms with Gasteiger partial charge in [-0.05, 0) is 60.3 Å². The van der Waals surface area contributed by atoms with Crippen molar-refractivity contribution in [2.45, 2.75) is 25.6 Å². The second kappa shape index (κ2) is 12.0. The predicted molar refractivity (Wildman–Crippen MR) is 140 cm³/mol. The molecule has 2 heterocycles. The molecule has 0 bridgehead atoms. The molecule has 36 heavy (non-hydrogen) atoms. The smallest absolute Gasteiger partial charge is 0.309 e. The summed E-state index contributed by atoms with van der Waals surface area (Å²) in [5.41, 5.74) is 1.87. The molecule has 1 aliphatic heterocycles. The number of amides is 2. The van der Waals surface area contributed by atoms with Crippen molar-refractivity contribution >= 4 is 28.8 Å². The second-order valence-corrected chi connectivity index (χ2v) is 9.73. The van der Waals surface area contributed by atoms with Crippen LogP contribution in [0.4, 0.5) is 10.1 Å². The lowest BCUT2D eigenvalue weighted by atomic mass is 10.0. The number of nitrogens with zero attached hydrogens (tertiary/aromatic N) is 2. The van der Waals surface area contributed by atoms with E-state index in [9.17, 15) is 14.0 Å². The Labute approximate surface area is 214 Å². The Morgan fingerprint density at radius 2 is 1.69 bits per heavy atom. The molecule has 0 spiro atoms. The number of nitrogens with one attached hydrogen (secondary N) is 2.